The van der Waals surface area contributed by atoms with Crippen LogP contribution in [0.15, 0.2) is 16.7 Å². The Hall–Kier alpha value is -0.610. The molecule has 2 heterocycles. The number of anilines is 1. The summed E-state index contributed by atoms with van der Waals surface area (Å²) < 4.78 is 1.09. The van der Waals surface area contributed by atoms with Crippen molar-refractivity contribution in [3.8, 4) is 0 Å². The molecule has 0 amide bonds. The molecule has 0 saturated carbocycles. The zero-order valence-electron chi connectivity index (χ0n) is 10.7. The molecule has 1 aromatic rings. The van der Waals surface area contributed by atoms with E-state index in [4.69, 9.17) is 0 Å². The lowest BCUT2D eigenvalue weighted by atomic mass is 9.94. The average Bonchev–Trinajstić information content (AvgIpc) is 2.28. The number of likely N-dealkylation sites (tertiary alicyclic amines) is 1. The summed E-state index contributed by atoms with van der Waals surface area (Å²) in [4.78, 5) is 6.81. The molecular weight excluding hydrogens is 278 g/mol. The Morgan fingerprint density at radius 3 is 3.00 bits per heavy atom. The van der Waals surface area contributed by atoms with Crippen LogP contribution in [-0.4, -0.2) is 36.1 Å². The number of hydrogen-bond acceptors (Lipinski definition) is 3. The number of halogens is 1. The molecule has 0 radical (unpaired) electrons. The maximum Gasteiger partial charge on any atom is 0.140 e. The molecule has 2 rings (SSSR count). The van der Waals surface area contributed by atoms with Crippen molar-refractivity contribution in [2.45, 2.75) is 26.3 Å². The Morgan fingerprint density at radius 2 is 2.29 bits per heavy atom. The summed E-state index contributed by atoms with van der Waals surface area (Å²) in [5.41, 5.74) is 1.23. The van der Waals surface area contributed by atoms with Crippen LogP contribution in [0.25, 0.3) is 0 Å². The topological polar surface area (TPSA) is 28.2 Å². The highest BCUT2D eigenvalue weighted by molar-refractivity contribution is 9.10. The summed E-state index contributed by atoms with van der Waals surface area (Å²) in [7, 11) is 2.19. The van der Waals surface area contributed by atoms with Gasteiger partial charge in [0.25, 0.3) is 0 Å². The monoisotopic (exact) mass is 297 g/mol. The Kier molecular flexibility index (Phi) is 4.05. The summed E-state index contributed by atoms with van der Waals surface area (Å²) in [6.45, 7) is 6.71. The highest BCUT2D eigenvalue weighted by Crippen LogP contribution is 2.26. The van der Waals surface area contributed by atoms with Crippen LogP contribution in [0.2, 0.25) is 0 Å². The standard InChI is InChI=1S/C13H20BrN3/c1-9-4-6-15-13(12(9)14)16-11-5-7-17(3)8-10(11)2/h4,6,10-11H,5,7-8H2,1-3H3,(H,15,16). The molecule has 94 valence electrons. The SMILES string of the molecule is Cc1ccnc(NC2CCN(C)CC2C)c1Br. The minimum atomic E-state index is 0.525. The number of aromatic nitrogens is 1. The number of nitrogens with one attached hydrogen (secondary N) is 1. The van der Waals surface area contributed by atoms with Gasteiger partial charge >= 0.3 is 0 Å². The van der Waals surface area contributed by atoms with Crippen molar-refractivity contribution in [3.05, 3.63) is 22.3 Å². The maximum atomic E-state index is 4.42. The van der Waals surface area contributed by atoms with Crippen molar-refractivity contribution in [1.29, 1.82) is 0 Å². The predicted octanol–water partition coefficient (Wildman–Crippen LogP) is 2.90. The van der Waals surface area contributed by atoms with E-state index in [0.29, 0.717) is 12.0 Å². The first-order valence-electron chi connectivity index (χ1n) is 6.14. The van der Waals surface area contributed by atoms with Gasteiger partial charge in [0.05, 0.1) is 4.47 Å². The normalized spacial score (nSPS) is 25.9. The van der Waals surface area contributed by atoms with Crippen LogP contribution in [0.1, 0.15) is 18.9 Å². The molecule has 4 heteroatoms. The van der Waals surface area contributed by atoms with E-state index in [1.54, 1.807) is 0 Å². The third-order valence-electron chi connectivity index (χ3n) is 3.51. The van der Waals surface area contributed by atoms with E-state index in [1.807, 2.05) is 12.3 Å². The molecule has 0 bridgehead atoms. The third kappa shape index (κ3) is 2.99. The van der Waals surface area contributed by atoms with Gasteiger partial charge in [0.15, 0.2) is 0 Å². The number of pyridine rings is 1. The second kappa shape index (κ2) is 5.36. The molecule has 1 aliphatic heterocycles. The van der Waals surface area contributed by atoms with E-state index in [2.05, 4.69) is 52.0 Å². The first kappa shape index (κ1) is 12.8. The average molecular weight is 298 g/mol. The summed E-state index contributed by atoms with van der Waals surface area (Å²) in [5, 5.41) is 3.58. The molecule has 0 aromatic carbocycles. The molecule has 2 atom stereocenters. The lowest BCUT2D eigenvalue weighted by molar-refractivity contribution is 0.206. The molecule has 3 nitrogen and oxygen atoms in total. The van der Waals surface area contributed by atoms with Gasteiger partial charge in [0.1, 0.15) is 5.82 Å². The van der Waals surface area contributed by atoms with Crippen LogP contribution >= 0.6 is 15.9 Å². The van der Waals surface area contributed by atoms with Crippen LogP contribution in [0.3, 0.4) is 0 Å². The second-order valence-electron chi connectivity index (χ2n) is 5.07. The zero-order chi connectivity index (χ0) is 12.4. The van der Waals surface area contributed by atoms with Crippen LogP contribution < -0.4 is 5.32 Å². The molecule has 1 saturated heterocycles. The number of hydrogen-bond donors (Lipinski definition) is 1. The summed E-state index contributed by atoms with van der Waals surface area (Å²) in [5.74, 6) is 1.63. The highest BCUT2D eigenvalue weighted by Gasteiger charge is 2.24. The van der Waals surface area contributed by atoms with Gasteiger partial charge in [-0.2, -0.15) is 0 Å². The van der Waals surface area contributed by atoms with Gasteiger partial charge in [-0.25, -0.2) is 4.98 Å². The van der Waals surface area contributed by atoms with Gasteiger partial charge in [-0.3, -0.25) is 0 Å². The first-order valence-corrected chi connectivity index (χ1v) is 6.93. The van der Waals surface area contributed by atoms with Gasteiger partial charge in [0.2, 0.25) is 0 Å². The summed E-state index contributed by atoms with van der Waals surface area (Å²) >= 11 is 3.60. The molecule has 1 aliphatic rings. The smallest absolute Gasteiger partial charge is 0.140 e. The van der Waals surface area contributed by atoms with E-state index in [1.165, 1.54) is 12.0 Å². The van der Waals surface area contributed by atoms with Gasteiger partial charge in [0, 0.05) is 18.8 Å². The van der Waals surface area contributed by atoms with Crippen molar-refractivity contribution in [2.75, 3.05) is 25.5 Å². The molecule has 1 N–H and O–H groups in total. The van der Waals surface area contributed by atoms with Crippen molar-refractivity contribution >= 4 is 21.7 Å². The lowest BCUT2D eigenvalue weighted by Crippen LogP contribution is -2.43. The number of nitrogens with zero attached hydrogens (tertiary/aromatic N) is 2. The molecule has 17 heavy (non-hydrogen) atoms. The van der Waals surface area contributed by atoms with Crippen molar-refractivity contribution in [3.63, 3.8) is 0 Å². The molecule has 2 unspecified atom stereocenters. The van der Waals surface area contributed by atoms with E-state index < -0.39 is 0 Å². The fourth-order valence-electron chi connectivity index (χ4n) is 2.39. The number of rotatable bonds is 2. The first-order chi connectivity index (χ1) is 8.08. The van der Waals surface area contributed by atoms with Crippen molar-refractivity contribution in [2.24, 2.45) is 5.92 Å². The molecule has 0 aliphatic carbocycles. The van der Waals surface area contributed by atoms with Crippen LogP contribution in [-0.2, 0) is 0 Å². The molecule has 0 spiro atoms. The van der Waals surface area contributed by atoms with Gasteiger partial charge in [-0.05, 0) is 60.4 Å². The molecule has 1 fully saturated rings. The zero-order valence-corrected chi connectivity index (χ0v) is 12.3. The minimum Gasteiger partial charge on any atom is -0.366 e. The van der Waals surface area contributed by atoms with E-state index >= 15 is 0 Å². The predicted molar refractivity (Wildman–Crippen MR) is 75.4 cm³/mol. The Bertz CT molecular complexity index is 394. The van der Waals surface area contributed by atoms with E-state index in [0.717, 1.165) is 23.4 Å². The Balaban J connectivity index is 2.08. The maximum absolute atomic E-state index is 4.42. The van der Waals surface area contributed by atoms with E-state index in [9.17, 15) is 0 Å². The number of piperidine rings is 1. The van der Waals surface area contributed by atoms with Gasteiger partial charge in [-0.15, -0.1) is 0 Å². The Morgan fingerprint density at radius 1 is 1.53 bits per heavy atom. The lowest BCUT2D eigenvalue weighted by Gasteiger charge is -2.35. The fraction of sp³-hybridized carbons (Fsp3) is 0.615. The minimum absolute atomic E-state index is 0.525. The van der Waals surface area contributed by atoms with Gasteiger partial charge < -0.3 is 10.2 Å². The van der Waals surface area contributed by atoms with Gasteiger partial charge in [-0.1, -0.05) is 6.92 Å². The highest BCUT2D eigenvalue weighted by atomic mass is 79.9. The molecular formula is C13H20BrN3. The number of aryl methyl sites for hydroxylation is 1. The van der Waals surface area contributed by atoms with Crippen molar-refractivity contribution in [1.82, 2.24) is 9.88 Å². The molecule has 1 aromatic heterocycles. The van der Waals surface area contributed by atoms with Crippen LogP contribution in [0.4, 0.5) is 5.82 Å². The second-order valence-corrected chi connectivity index (χ2v) is 5.86. The largest absolute Gasteiger partial charge is 0.366 e. The van der Waals surface area contributed by atoms with Crippen LogP contribution in [0.5, 0.6) is 0 Å². The quantitative estimate of drug-likeness (QED) is 0.910. The van der Waals surface area contributed by atoms with Crippen molar-refractivity contribution < 1.29 is 0 Å². The fourth-order valence-corrected chi connectivity index (χ4v) is 2.73. The summed E-state index contributed by atoms with van der Waals surface area (Å²) in [6.07, 6.45) is 3.04. The third-order valence-corrected chi connectivity index (χ3v) is 4.51. The Labute approximate surface area is 112 Å². The summed E-state index contributed by atoms with van der Waals surface area (Å²) in [6, 6.07) is 2.55. The van der Waals surface area contributed by atoms with E-state index in [-0.39, 0.29) is 0 Å². The van der Waals surface area contributed by atoms with Crippen LogP contribution in [0, 0.1) is 12.8 Å².